The van der Waals surface area contributed by atoms with E-state index in [2.05, 4.69) is 5.32 Å². The number of rotatable bonds is 4. The lowest BCUT2D eigenvalue weighted by atomic mass is 9.67. The van der Waals surface area contributed by atoms with Gasteiger partial charge >= 0.3 is 6.09 Å². The largest absolute Gasteiger partial charge is 0.445 e. The summed E-state index contributed by atoms with van der Waals surface area (Å²) in [6.07, 6.45) is 0.661. The van der Waals surface area contributed by atoms with Gasteiger partial charge in [-0.15, -0.1) is 0 Å². The molecule has 2 N–H and O–H groups in total. The molecule has 2 bridgehead atoms. The summed E-state index contributed by atoms with van der Waals surface area (Å²) in [5.41, 5.74) is 0.275. The summed E-state index contributed by atoms with van der Waals surface area (Å²) < 4.78 is 10.9. The molecule has 5 nitrogen and oxygen atoms in total. The molecule has 1 unspecified atom stereocenters. The number of aliphatic hydroxyl groups is 1. The Labute approximate surface area is 117 Å². The first-order valence-corrected chi connectivity index (χ1v) is 6.83. The van der Waals surface area contributed by atoms with Gasteiger partial charge in [-0.1, -0.05) is 30.3 Å². The van der Waals surface area contributed by atoms with E-state index in [1.165, 1.54) is 0 Å². The molecule has 3 aliphatic rings. The van der Waals surface area contributed by atoms with Gasteiger partial charge in [-0.3, -0.25) is 0 Å². The predicted octanol–water partition coefficient (Wildman–Crippen LogP) is 1.60. The molecule has 4 rings (SSSR count). The van der Waals surface area contributed by atoms with Crippen molar-refractivity contribution in [2.24, 2.45) is 0 Å². The second kappa shape index (κ2) is 4.75. The maximum absolute atomic E-state index is 11.9. The minimum Gasteiger partial charge on any atom is -0.445 e. The van der Waals surface area contributed by atoms with E-state index in [9.17, 15) is 9.90 Å². The van der Waals surface area contributed by atoms with Crippen LogP contribution in [0.5, 0.6) is 0 Å². The van der Waals surface area contributed by atoms with Crippen LogP contribution in [0.2, 0.25) is 0 Å². The quantitative estimate of drug-likeness (QED) is 0.877. The number of alkyl carbamates (subject to hydrolysis) is 1. The summed E-state index contributed by atoms with van der Waals surface area (Å²) in [7, 11) is 0. The summed E-state index contributed by atoms with van der Waals surface area (Å²) in [6, 6.07) is 9.53. The Hall–Kier alpha value is -1.59. The summed E-state index contributed by atoms with van der Waals surface area (Å²) in [4.78, 5) is 11.9. The predicted molar refractivity (Wildman–Crippen MR) is 72.1 cm³/mol. The standard InChI is InChI=1S/C15H19NO4/c1-14-9-15(10-14,12(7-17)20-14)16-13(18)19-8-11-5-3-2-4-6-11/h2-6,12,17H,7-10H2,1H3,(H,16,18). The fraction of sp³-hybridized carbons (Fsp3) is 0.533. The van der Waals surface area contributed by atoms with Gasteiger partial charge in [0.25, 0.3) is 0 Å². The number of fused-ring (bicyclic) bond motifs is 1. The fourth-order valence-corrected chi connectivity index (χ4v) is 3.39. The van der Waals surface area contributed by atoms with E-state index in [0.29, 0.717) is 0 Å². The molecule has 1 atom stereocenters. The average Bonchev–Trinajstić information content (AvgIpc) is 2.84. The van der Waals surface area contributed by atoms with Crippen LogP contribution in [0, 0.1) is 0 Å². The van der Waals surface area contributed by atoms with Crippen LogP contribution in [-0.2, 0) is 16.1 Å². The van der Waals surface area contributed by atoms with Gasteiger partial charge in [0.05, 0.1) is 17.7 Å². The number of carbonyl (C=O) groups excluding carboxylic acids is 1. The number of carbonyl (C=O) groups is 1. The van der Waals surface area contributed by atoms with Gasteiger partial charge in [0.15, 0.2) is 0 Å². The van der Waals surface area contributed by atoms with E-state index < -0.39 is 11.6 Å². The van der Waals surface area contributed by atoms with Crippen LogP contribution >= 0.6 is 0 Å². The van der Waals surface area contributed by atoms with Crippen molar-refractivity contribution >= 4 is 6.09 Å². The smallest absolute Gasteiger partial charge is 0.407 e. The second-order valence-electron chi connectivity index (χ2n) is 5.94. The SMILES string of the molecule is CC12CC(NC(=O)OCc3ccccc3)(C1)C(CO)O2. The van der Waals surface area contributed by atoms with Gasteiger partial charge in [0.2, 0.25) is 0 Å². The number of aliphatic hydroxyl groups excluding tert-OH is 1. The first-order chi connectivity index (χ1) is 9.55. The lowest BCUT2D eigenvalue weighted by Crippen LogP contribution is -2.61. The third-order valence-corrected chi connectivity index (χ3v) is 4.15. The number of hydrogen-bond acceptors (Lipinski definition) is 4. The molecular weight excluding hydrogens is 258 g/mol. The monoisotopic (exact) mass is 277 g/mol. The Balaban J connectivity index is 1.55. The normalized spacial score (nSPS) is 34.4. The highest BCUT2D eigenvalue weighted by molar-refractivity contribution is 5.69. The van der Waals surface area contributed by atoms with Crippen molar-refractivity contribution in [3.63, 3.8) is 0 Å². The van der Waals surface area contributed by atoms with Crippen LogP contribution in [0.3, 0.4) is 0 Å². The van der Waals surface area contributed by atoms with E-state index in [0.717, 1.165) is 18.4 Å². The third-order valence-electron chi connectivity index (χ3n) is 4.15. The van der Waals surface area contributed by atoms with Crippen LogP contribution in [-0.4, -0.2) is 35.1 Å². The van der Waals surface area contributed by atoms with Gasteiger partial charge in [-0.2, -0.15) is 0 Å². The Morgan fingerprint density at radius 2 is 2.15 bits per heavy atom. The molecule has 0 spiro atoms. The number of ether oxygens (including phenoxy) is 2. The first-order valence-electron chi connectivity index (χ1n) is 6.83. The average molecular weight is 277 g/mol. The van der Waals surface area contributed by atoms with E-state index >= 15 is 0 Å². The summed E-state index contributed by atoms with van der Waals surface area (Å²) in [6.45, 7) is 2.15. The lowest BCUT2D eigenvalue weighted by Gasteiger charge is -2.43. The van der Waals surface area contributed by atoms with Gasteiger partial charge in [0, 0.05) is 12.8 Å². The number of hydrogen-bond donors (Lipinski definition) is 2. The van der Waals surface area contributed by atoms with E-state index in [4.69, 9.17) is 9.47 Å². The number of amides is 1. The lowest BCUT2D eigenvalue weighted by molar-refractivity contribution is -0.0234. The van der Waals surface area contributed by atoms with Crippen LogP contribution in [0.1, 0.15) is 25.3 Å². The summed E-state index contributed by atoms with van der Waals surface area (Å²) in [5.74, 6) is 0. The van der Waals surface area contributed by atoms with Crippen molar-refractivity contribution in [3.05, 3.63) is 35.9 Å². The molecule has 0 radical (unpaired) electrons. The molecule has 0 aromatic heterocycles. The van der Waals surface area contributed by atoms with Crippen molar-refractivity contribution < 1.29 is 19.4 Å². The Morgan fingerprint density at radius 1 is 1.45 bits per heavy atom. The van der Waals surface area contributed by atoms with Gasteiger partial charge in [-0.25, -0.2) is 4.79 Å². The Morgan fingerprint density at radius 3 is 2.80 bits per heavy atom. The molecule has 2 aliphatic heterocycles. The Bertz CT molecular complexity index is 496. The van der Waals surface area contributed by atoms with Crippen molar-refractivity contribution in [3.8, 4) is 0 Å². The highest BCUT2D eigenvalue weighted by Gasteiger charge is 2.66. The van der Waals surface area contributed by atoms with Crippen LogP contribution in [0.4, 0.5) is 4.79 Å². The summed E-state index contributed by atoms with van der Waals surface area (Å²) in [5, 5.41) is 12.2. The molecular formula is C15H19NO4. The molecule has 5 heteroatoms. The maximum atomic E-state index is 11.9. The zero-order chi connectivity index (χ0) is 14.2. The molecule has 108 valence electrons. The molecule has 1 aromatic rings. The minimum absolute atomic E-state index is 0.0887. The van der Waals surface area contributed by atoms with Crippen LogP contribution in [0.25, 0.3) is 0 Å². The Kier molecular flexibility index (Phi) is 3.18. The highest BCUT2D eigenvalue weighted by Crippen LogP contribution is 2.54. The molecule has 2 heterocycles. The van der Waals surface area contributed by atoms with E-state index in [-0.39, 0.29) is 24.9 Å². The molecule has 2 saturated heterocycles. The van der Waals surface area contributed by atoms with Crippen LogP contribution < -0.4 is 5.32 Å². The maximum Gasteiger partial charge on any atom is 0.407 e. The fourth-order valence-electron chi connectivity index (χ4n) is 3.39. The van der Waals surface area contributed by atoms with Crippen molar-refractivity contribution in [2.75, 3.05) is 6.61 Å². The number of nitrogens with one attached hydrogen (secondary N) is 1. The topological polar surface area (TPSA) is 67.8 Å². The third kappa shape index (κ3) is 2.27. The molecule has 3 fully saturated rings. The minimum atomic E-state index is -0.461. The molecule has 1 aromatic carbocycles. The molecule has 1 amide bonds. The van der Waals surface area contributed by atoms with E-state index in [1.54, 1.807) is 0 Å². The number of benzene rings is 1. The summed E-state index contributed by atoms with van der Waals surface area (Å²) >= 11 is 0. The zero-order valence-electron chi connectivity index (χ0n) is 11.5. The van der Waals surface area contributed by atoms with Crippen LogP contribution in [0.15, 0.2) is 30.3 Å². The van der Waals surface area contributed by atoms with Crippen molar-refractivity contribution in [1.82, 2.24) is 5.32 Å². The first kappa shape index (κ1) is 13.4. The molecule has 1 aliphatic carbocycles. The van der Waals surface area contributed by atoms with E-state index in [1.807, 2.05) is 37.3 Å². The van der Waals surface area contributed by atoms with Gasteiger partial charge in [0.1, 0.15) is 12.7 Å². The van der Waals surface area contributed by atoms with Gasteiger partial charge < -0.3 is 19.9 Å². The van der Waals surface area contributed by atoms with Gasteiger partial charge in [-0.05, 0) is 12.5 Å². The second-order valence-corrected chi connectivity index (χ2v) is 5.94. The zero-order valence-corrected chi connectivity index (χ0v) is 11.5. The molecule has 20 heavy (non-hydrogen) atoms. The van der Waals surface area contributed by atoms with Crippen molar-refractivity contribution in [2.45, 2.75) is 43.6 Å². The highest BCUT2D eigenvalue weighted by atomic mass is 16.6. The molecule has 1 saturated carbocycles. The van der Waals surface area contributed by atoms with Crippen molar-refractivity contribution in [1.29, 1.82) is 0 Å².